The maximum Gasteiger partial charge on any atom is 0.586 e. The molecule has 1 N–H and O–H groups in total. The molecule has 236 valence electrons. The second kappa shape index (κ2) is 11.0. The number of alkyl halides is 2. The van der Waals surface area contributed by atoms with Gasteiger partial charge in [0.15, 0.2) is 24.9 Å². The quantitative estimate of drug-likeness (QED) is 0.245. The van der Waals surface area contributed by atoms with Crippen LogP contribution in [0.3, 0.4) is 0 Å². The highest BCUT2D eigenvalue weighted by molar-refractivity contribution is 7.15. The van der Waals surface area contributed by atoms with Crippen molar-refractivity contribution in [2.45, 2.75) is 82.0 Å². The van der Waals surface area contributed by atoms with Crippen LogP contribution in [0.1, 0.15) is 62.1 Å². The summed E-state index contributed by atoms with van der Waals surface area (Å²) in [5.74, 6) is -0.853. The normalized spacial score (nSPS) is 21.3. The number of fused-ring (bicyclic) bond motifs is 1. The lowest BCUT2D eigenvalue weighted by molar-refractivity contribution is -0.286. The predicted molar refractivity (Wildman–Crippen MR) is 166 cm³/mol. The summed E-state index contributed by atoms with van der Waals surface area (Å²) in [5, 5.41) is 3.74. The number of rotatable bonds is 8. The highest BCUT2D eigenvalue weighted by Crippen LogP contribution is 2.52. The maximum absolute atomic E-state index is 14.0. The average Bonchev–Trinajstić information content (AvgIpc) is 3.22. The Morgan fingerprint density at radius 2 is 1.91 bits per heavy atom. The van der Waals surface area contributed by atoms with Crippen LogP contribution in [0.2, 0.25) is 23.2 Å². The summed E-state index contributed by atoms with van der Waals surface area (Å²) in [6, 6.07) is 8.55. The second-order valence-electron chi connectivity index (χ2n) is 13.3. The van der Waals surface area contributed by atoms with Crippen molar-refractivity contribution in [3.8, 4) is 11.5 Å². The van der Waals surface area contributed by atoms with Gasteiger partial charge in [0.25, 0.3) is 0 Å². The Kier molecular flexibility index (Phi) is 7.84. The van der Waals surface area contributed by atoms with Gasteiger partial charge in [0.2, 0.25) is 5.91 Å². The number of thiazole rings is 1. The molecule has 0 radical (unpaired) electrons. The van der Waals surface area contributed by atoms with Crippen LogP contribution >= 0.6 is 22.9 Å². The predicted octanol–water partition coefficient (Wildman–Crippen LogP) is 8.11. The molecule has 44 heavy (non-hydrogen) atoms. The SMILES string of the molecule is CC(C)(C)[Si](C)(C)O[C@H]1CCN(C(c2cnc(NC(=O)C3(c4ccc5c(c4)OC(F)(F)O5)CC3)s2)c2ccc(F)cc2Cl)C1. The summed E-state index contributed by atoms with van der Waals surface area (Å²) >= 11 is 7.93. The van der Waals surface area contributed by atoms with Crippen LogP contribution in [-0.2, 0) is 14.6 Å². The molecular weight excluding hydrogens is 631 g/mol. The highest BCUT2D eigenvalue weighted by atomic mass is 35.5. The lowest BCUT2D eigenvalue weighted by Gasteiger charge is -2.38. The molecule has 2 aromatic carbocycles. The van der Waals surface area contributed by atoms with E-state index in [4.69, 9.17) is 16.0 Å². The van der Waals surface area contributed by atoms with Crippen molar-refractivity contribution in [3.05, 3.63) is 69.4 Å². The van der Waals surface area contributed by atoms with Crippen molar-refractivity contribution in [2.24, 2.45) is 0 Å². The van der Waals surface area contributed by atoms with E-state index in [0.717, 1.165) is 23.4 Å². The molecule has 1 amide bonds. The number of benzene rings is 2. The number of nitrogens with one attached hydrogen (secondary N) is 1. The number of nitrogens with zero attached hydrogens (tertiary/aromatic N) is 2. The van der Waals surface area contributed by atoms with Crippen molar-refractivity contribution in [1.29, 1.82) is 0 Å². The third-order valence-electron chi connectivity index (χ3n) is 9.22. The van der Waals surface area contributed by atoms with Crippen LogP contribution in [0.4, 0.5) is 18.3 Å². The van der Waals surface area contributed by atoms with Crippen molar-refractivity contribution in [2.75, 3.05) is 18.4 Å². The number of hydrogen-bond acceptors (Lipinski definition) is 7. The van der Waals surface area contributed by atoms with Crippen LogP contribution in [0.15, 0.2) is 42.6 Å². The Labute approximate surface area is 264 Å². The molecule has 2 fully saturated rings. The fourth-order valence-corrected chi connectivity index (χ4v) is 8.25. The van der Waals surface area contributed by atoms with Crippen LogP contribution < -0.4 is 14.8 Å². The first-order valence-corrected chi connectivity index (χ1v) is 18.7. The van der Waals surface area contributed by atoms with Crippen molar-refractivity contribution in [1.82, 2.24) is 9.88 Å². The zero-order valence-corrected chi connectivity index (χ0v) is 27.8. The van der Waals surface area contributed by atoms with Gasteiger partial charge in [0.1, 0.15) is 5.82 Å². The summed E-state index contributed by atoms with van der Waals surface area (Å²) in [6.07, 6.45) is 0.0200. The van der Waals surface area contributed by atoms with Crippen LogP contribution in [0, 0.1) is 5.82 Å². The fourth-order valence-electron chi connectivity index (χ4n) is 5.64. The summed E-state index contributed by atoms with van der Waals surface area (Å²) in [7, 11) is -1.99. The van der Waals surface area contributed by atoms with Crippen molar-refractivity contribution in [3.63, 3.8) is 0 Å². The minimum Gasteiger partial charge on any atom is -0.413 e. The molecule has 3 aromatic rings. The largest absolute Gasteiger partial charge is 0.586 e. The molecule has 7 nitrogen and oxygen atoms in total. The zero-order chi connectivity index (χ0) is 31.7. The van der Waals surface area contributed by atoms with E-state index in [2.05, 4.69) is 58.5 Å². The number of likely N-dealkylation sites (tertiary alicyclic amines) is 1. The van der Waals surface area contributed by atoms with Crippen LogP contribution in [0.5, 0.6) is 11.5 Å². The van der Waals surface area contributed by atoms with E-state index in [9.17, 15) is 18.0 Å². The highest BCUT2D eigenvalue weighted by Gasteiger charge is 2.53. The lowest BCUT2D eigenvalue weighted by atomic mass is 9.94. The maximum atomic E-state index is 14.0. The Morgan fingerprint density at radius 3 is 2.59 bits per heavy atom. The van der Waals surface area contributed by atoms with Crippen LogP contribution in [0.25, 0.3) is 0 Å². The number of carbonyl (C=O) groups excluding carboxylic acids is 1. The molecule has 1 saturated carbocycles. The molecule has 3 heterocycles. The third-order valence-corrected chi connectivity index (χ3v) is 15.0. The van der Waals surface area contributed by atoms with E-state index in [-0.39, 0.29) is 34.6 Å². The molecule has 2 atom stereocenters. The first kappa shape index (κ1) is 31.3. The molecule has 0 bridgehead atoms. The minimum atomic E-state index is -3.73. The number of anilines is 1. The number of amides is 1. The van der Waals surface area contributed by atoms with Gasteiger partial charge in [-0.1, -0.05) is 55.8 Å². The van der Waals surface area contributed by atoms with Gasteiger partial charge in [0, 0.05) is 29.2 Å². The molecule has 1 aliphatic carbocycles. The smallest absolute Gasteiger partial charge is 0.413 e. The van der Waals surface area contributed by atoms with E-state index in [0.29, 0.717) is 35.1 Å². The van der Waals surface area contributed by atoms with Crippen LogP contribution in [-0.4, -0.2) is 49.6 Å². The number of ether oxygens (including phenoxy) is 2. The first-order chi connectivity index (χ1) is 20.6. The fraction of sp³-hybridized carbons (Fsp3) is 0.484. The van der Waals surface area contributed by atoms with Gasteiger partial charge >= 0.3 is 6.29 Å². The van der Waals surface area contributed by atoms with E-state index in [1.807, 2.05) is 0 Å². The van der Waals surface area contributed by atoms with Gasteiger partial charge in [-0.2, -0.15) is 0 Å². The van der Waals surface area contributed by atoms with E-state index < -0.39 is 25.8 Å². The van der Waals surface area contributed by atoms with Gasteiger partial charge in [0.05, 0.1) is 17.6 Å². The topological polar surface area (TPSA) is 72.9 Å². The number of carbonyl (C=O) groups is 1. The molecule has 1 unspecified atom stereocenters. The van der Waals surface area contributed by atoms with Crippen molar-refractivity contribution < 1.29 is 31.9 Å². The Hall–Kier alpha value is -2.64. The monoisotopic (exact) mass is 665 g/mol. The molecule has 6 rings (SSSR count). The van der Waals surface area contributed by atoms with Gasteiger partial charge < -0.3 is 19.2 Å². The molecule has 2 aliphatic heterocycles. The van der Waals surface area contributed by atoms with Gasteiger partial charge in [-0.15, -0.1) is 8.78 Å². The van der Waals surface area contributed by atoms with Gasteiger partial charge in [-0.05, 0) is 72.8 Å². The zero-order valence-electron chi connectivity index (χ0n) is 25.2. The molecule has 0 spiro atoms. The Bertz CT molecular complexity index is 1590. The van der Waals surface area contributed by atoms with Gasteiger partial charge in [-0.25, -0.2) is 9.37 Å². The summed E-state index contributed by atoms with van der Waals surface area (Å²) in [5.41, 5.74) is 0.455. The average molecular weight is 666 g/mol. The first-order valence-electron chi connectivity index (χ1n) is 14.6. The number of hydrogen-bond donors (Lipinski definition) is 1. The summed E-state index contributed by atoms with van der Waals surface area (Å²) in [4.78, 5) is 21.2. The second-order valence-corrected chi connectivity index (χ2v) is 19.5. The molecule has 1 saturated heterocycles. The Balaban J connectivity index is 1.22. The molecular formula is C31H35ClF3N3O4SSi. The number of aromatic nitrogens is 1. The Morgan fingerprint density at radius 1 is 1.18 bits per heavy atom. The third kappa shape index (κ3) is 5.99. The van der Waals surface area contributed by atoms with E-state index in [1.54, 1.807) is 18.3 Å². The van der Waals surface area contributed by atoms with Crippen molar-refractivity contribution >= 4 is 42.3 Å². The molecule has 1 aromatic heterocycles. The van der Waals surface area contributed by atoms with E-state index >= 15 is 0 Å². The standard InChI is InChI=1S/C31H35ClF3N3O4SSi/c1-29(2,3)44(4,5)42-20-10-13-38(17-20)26(21-8-7-19(33)15-22(21)32)25-16-36-28(43-25)37-27(39)30(11-12-30)18-6-9-23-24(14-18)41-31(34,35)40-23/h6-9,14-16,20,26H,10-13,17H2,1-5H3,(H,36,37,39)/t20-,26?/m0/s1. The van der Waals surface area contributed by atoms with Gasteiger partial charge in [-0.3, -0.25) is 9.69 Å². The number of halogens is 4. The summed E-state index contributed by atoms with van der Waals surface area (Å²) < 4.78 is 57.0. The molecule has 3 aliphatic rings. The minimum absolute atomic E-state index is 0.0566. The van der Waals surface area contributed by atoms with E-state index in [1.165, 1.54) is 35.6 Å². The summed E-state index contributed by atoms with van der Waals surface area (Å²) in [6.45, 7) is 12.6. The lowest BCUT2D eigenvalue weighted by Crippen LogP contribution is -2.44. The molecule has 13 heteroatoms.